The van der Waals surface area contributed by atoms with E-state index in [2.05, 4.69) is 4.98 Å². The minimum absolute atomic E-state index is 0.108. The summed E-state index contributed by atoms with van der Waals surface area (Å²) < 4.78 is 5.45. The normalized spacial score (nSPS) is 21.1. The first-order valence-corrected chi connectivity index (χ1v) is 8.08. The van der Waals surface area contributed by atoms with Crippen molar-refractivity contribution < 1.29 is 14.3 Å². The molecule has 23 heavy (non-hydrogen) atoms. The number of carbonyl (C=O) groups is 1. The van der Waals surface area contributed by atoms with E-state index < -0.39 is 0 Å². The van der Waals surface area contributed by atoms with Gasteiger partial charge in [0, 0.05) is 25.3 Å². The predicted molar refractivity (Wildman–Crippen MR) is 86.9 cm³/mol. The average Bonchev–Trinajstić information content (AvgIpc) is 3.11. The van der Waals surface area contributed by atoms with Gasteiger partial charge in [-0.2, -0.15) is 0 Å². The van der Waals surface area contributed by atoms with E-state index in [-0.39, 0.29) is 18.6 Å². The van der Waals surface area contributed by atoms with Crippen LogP contribution in [-0.2, 0) is 0 Å². The Bertz CT molecular complexity index is 645. The van der Waals surface area contributed by atoms with E-state index >= 15 is 0 Å². The van der Waals surface area contributed by atoms with Gasteiger partial charge in [0.05, 0.1) is 0 Å². The summed E-state index contributed by atoms with van der Waals surface area (Å²) in [6.45, 7) is 0.244. The van der Waals surface area contributed by atoms with E-state index in [9.17, 15) is 9.90 Å². The Morgan fingerprint density at radius 1 is 1.26 bits per heavy atom. The lowest BCUT2D eigenvalue weighted by Crippen LogP contribution is -2.40. The van der Waals surface area contributed by atoms with Gasteiger partial charge in [0.25, 0.3) is 5.91 Å². The van der Waals surface area contributed by atoms with Crippen LogP contribution in [0.5, 0.6) is 0 Å². The molecule has 0 spiro atoms. The smallest absolute Gasteiger partial charge is 0.275 e. The topological polar surface area (TPSA) is 66.6 Å². The van der Waals surface area contributed by atoms with E-state index in [1.54, 1.807) is 4.90 Å². The number of benzene rings is 1. The summed E-state index contributed by atoms with van der Waals surface area (Å²) in [4.78, 5) is 18.7. The summed E-state index contributed by atoms with van der Waals surface area (Å²) >= 11 is 0. The highest BCUT2D eigenvalue weighted by atomic mass is 16.3. The molecule has 1 aliphatic rings. The number of hydrogen-bond donors (Lipinski definition) is 1. The van der Waals surface area contributed by atoms with Gasteiger partial charge in [0.1, 0.15) is 6.26 Å². The standard InChI is InChI=1S/C18H22N2O3/c1-20(15-9-7-13(11-21)8-10-15)18(22)16-12-23-17(19-16)14-5-3-2-4-6-14/h2-6,12-13,15,21H,7-11H2,1H3. The highest BCUT2D eigenvalue weighted by molar-refractivity contribution is 5.92. The number of oxazole rings is 1. The summed E-state index contributed by atoms with van der Waals surface area (Å²) in [6.07, 6.45) is 5.22. The fourth-order valence-electron chi connectivity index (χ4n) is 3.15. The van der Waals surface area contributed by atoms with Gasteiger partial charge in [-0.1, -0.05) is 18.2 Å². The maximum absolute atomic E-state index is 12.6. The second-order valence-electron chi connectivity index (χ2n) is 6.18. The van der Waals surface area contributed by atoms with Crippen molar-refractivity contribution in [2.24, 2.45) is 5.92 Å². The molecular weight excluding hydrogens is 292 g/mol. The third kappa shape index (κ3) is 3.45. The third-order valence-corrected chi connectivity index (χ3v) is 4.69. The highest BCUT2D eigenvalue weighted by Crippen LogP contribution is 2.27. The predicted octanol–water partition coefficient (Wildman–Crippen LogP) is 2.96. The molecule has 0 bridgehead atoms. The number of rotatable bonds is 4. The quantitative estimate of drug-likeness (QED) is 0.942. The lowest BCUT2D eigenvalue weighted by molar-refractivity contribution is 0.0647. The van der Waals surface area contributed by atoms with Crippen molar-refractivity contribution in [1.82, 2.24) is 9.88 Å². The highest BCUT2D eigenvalue weighted by Gasteiger charge is 2.28. The van der Waals surface area contributed by atoms with Crippen molar-refractivity contribution in [2.45, 2.75) is 31.7 Å². The number of carbonyl (C=O) groups excluding carboxylic acids is 1. The molecule has 5 heteroatoms. The molecule has 1 aromatic carbocycles. The van der Waals surface area contributed by atoms with E-state index in [1.165, 1.54) is 6.26 Å². The first kappa shape index (κ1) is 15.7. The van der Waals surface area contributed by atoms with Crippen molar-refractivity contribution in [2.75, 3.05) is 13.7 Å². The van der Waals surface area contributed by atoms with E-state index in [0.29, 0.717) is 17.5 Å². The maximum Gasteiger partial charge on any atom is 0.275 e. The largest absolute Gasteiger partial charge is 0.444 e. The minimum Gasteiger partial charge on any atom is -0.444 e. The number of aliphatic hydroxyl groups is 1. The van der Waals surface area contributed by atoms with Crippen LogP contribution in [0.2, 0.25) is 0 Å². The first-order valence-electron chi connectivity index (χ1n) is 8.08. The Labute approximate surface area is 135 Å². The van der Waals surface area contributed by atoms with Crippen LogP contribution in [0.25, 0.3) is 11.5 Å². The fraction of sp³-hybridized carbons (Fsp3) is 0.444. The number of aliphatic hydroxyl groups excluding tert-OH is 1. The second-order valence-corrected chi connectivity index (χ2v) is 6.18. The van der Waals surface area contributed by atoms with Crippen LogP contribution in [0.15, 0.2) is 41.0 Å². The molecule has 1 saturated carbocycles. The minimum atomic E-state index is -0.108. The lowest BCUT2D eigenvalue weighted by atomic mass is 9.86. The summed E-state index contributed by atoms with van der Waals surface area (Å²) in [6, 6.07) is 9.76. The van der Waals surface area contributed by atoms with Crippen molar-refractivity contribution in [1.29, 1.82) is 0 Å². The van der Waals surface area contributed by atoms with Gasteiger partial charge < -0.3 is 14.4 Å². The Morgan fingerprint density at radius 2 is 1.96 bits per heavy atom. The summed E-state index contributed by atoms with van der Waals surface area (Å²) in [5, 5.41) is 9.21. The van der Waals surface area contributed by atoms with Crippen LogP contribution in [0.1, 0.15) is 36.2 Å². The number of amides is 1. The van der Waals surface area contributed by atoms with Crippen LogP contribution in [-0.4, -0.2) is 40.6 Å². The van der Waals surface area contributed by atoms with Crippen LogP contribution in [0.3, 0.4) is 0 Å². The lowest BCUT2D eigenvalue weighted by Gasteiger charge is -2.33. The van der Waals surface area contributed by atoms with E-state index in [1.807, 2.05) is 37.4 Å². The maximum atomic E-state index is 12.6. The van der Waals surface area contributed by atoms with Gasteiger partial charge >= 0.3 is 0 Å². The van der Waals surface area contributed by atoms with Crippen molar-refractivity contribution in [3.05, 3.63) is 42.3 Å². The van der Waals surface area contributed by atoms with Crippen LogP contribution in [0.4, 0.5) is 0 Å². The molecule has 5 nitrogen and oxygen atoms in total. The molecule has 122 valence electrons. The van der Waals surface area contributed by atoms with Crippen LogP contribution < -0.4 is 0 Å². The van der Waals surface area contributed by atoms with Crippen LogP contribution in [0, 0.1) is 5.92 Å². The molecule has 0 atom stereocenters. The third-order valence-electron chi connectivity index (χ3n) is 4.69. The Kier molecular flexibility index (Phi) is 4.76. The molecule has 0 radical (unpaired) electrons. The summed E-state index contributed by atoms with van der Waals surface area (Å²) in [5.41, 5.74) is 1.20. The molecule has 1 N–H and O–H groups in total. The molecule has 0 unspecified atom stereocenters. The zero-order valence-corrected chi connectivity index (χ0v) is 13.3. The van der Waals surface area contributed by atoms with Crippen LogP contribution >= 0.6 is 0 Å². The van der Waals surface area contributed by atoms with Crippen molar-refractivity contribution in [3.63, 3.8) is 0 Å². The zero-order valence-electron chi connectivity index (χ0n) is 13.3. The van der Waals surface area contributed by atoms with Gasteiger partial charge in [-0.05, 0) is 43.7 Å². The Hall–Kier alpha value is -2.14. The molecule has 1 aliphatic carbocycles. The molecule has 2 aromatic rings. The SMILES string of the molecule is CN(C(=O)c1coc(-c2ccccc2)n1)C1CCC(CO)CC1. The van der Waals surface area contributed by atoms with Gasteiger partial charge in [-0.15, -0.1) is 0 Å². The molecule has 1 heterocycles. The second kappa shape index (κ2) is 6.96. The van der Waals surface area contributed by atoms with E-state index in [4.69, 9.17) is 4.42 Å². The molecule has 1 amide bonds. The number of nitrogens with zero attached hydrogens (tertiary/aromatic N) is 2. The molecule has 3 rings (SSSR count). The van der Waals surface area contributed by atoms with Crippen molar-refractivity contribution in [3.8, 4) is 11.5 Å². The number of hydrogen-bond acceptors (Lipinski definition) is 4. The van der Waals surface area contributed by atoms with Gasteiger partial charge in [0.2, 0.25) is 5.89 Å². The van der Waals surface area contributed by atoms with Gasteiger partial charge in [-0.25, -0.2) is 4.98 Å². The van der Waals surface area contributed by atoms with Crippen molar-refractivity contribution >= 4 is 5.91 Å². The first-order chi connectivity index (χ1) is 11.2. The summed E-state index contributed by atoms with van der Waals surface area (Å²) in [5.74, 6) is 0.737. The van der Waals surface area contributed by atoms with Gasteiger partial charge in [-0.3, -0.25) is 4.79 Å². The molecule has 1 aromatic heterocycles. The molecule has 0 saturated heterocycles. The monoisotopic (exact) mass is 314 g/mol. The Balaban J connectivity index is 1.67. The molecule has 0 aliphatic heterocycles. The molecule has 1 fully saturated rings. The summed E-state index contributed by atoms with van der Waals surface area (Å²) in [7, 11) is 1.82. The fourth-order valence-corrected chi connectivity index (χ4v) is 3.15. The molecular formula is C18H22N2O3. The Morgan fingerprint density at radius 3 is 2.61 bits per heavy atom. The van der Waals surface area contributed by atoms with E-state index in [0.717, 1.165) is 31.2 Å². The zero-order chi connectivity index (χ0) is 16.2. The number of aromatic nitrogens is 1. The van der Waals surface area contributed by atoms with Gasteiger partial charge in [0.15, 0.2) is 5.69 Å². The average molecular weight is 314 g/mol.